The first-order chi connectivity index (χ1) is 8.86. The molecular weight excluding hydrogens is 244 g/mol. The van der Waals surface area contributed by atoms with E-state index in [0.29, 0.717) is 13.1 Å². The molecule has 0 atom stereocenters. The molecule has 5 nitrogen and oxygen atoms in total. The Bertz CT molecular complexity index is 452. The Balaban J connectivity index is 2.34. The SMILES string of the molecule is CCCCC1=CC2=C(CN1O)C(C)(C)CN2C(=O)O. The van der Waals surface area contributed by atoms with Gasteiger partial charge in [0.1, 0.15) is 0 Å². The van der Waals surface area contributed by atoms with Gasteiger partial charge < -0.3 is 5.11 Å². The molecule has 1 amide bonds. The molecule has 0 aromatic heterocycles. The highest BCUT2D eigenvalue weighted by Gasteiger charge is 2.42. The summed E-state index contributed by atoms with van der Waals surface area (Å²) in [4.78, 5) is 12.7. The van der Waals surface area contributed by atoms with Gasteiger partial charge in [0.15, 0.2) is 0 Å². The monoisotopic (exact) mass is 266 g/mol. The average Bonchev–Trinajstić information content (AvgIpc) is 2.59. The Morgan fingerprint density at radius 2 is 2.16 bits per heavy atom. The van der Waals surface area contributed by atoms with E-state index in [1.165, 1.54) is 9.96 Å². The van der Waals surface area contributed by atoms with Gasteiger partial charge in [-0.15, -0.1) is 0 Å². The van der Waals surface area contributed by atoms with E-state index in [1.54, 1.807) is 0 Å². The zero-order valence-corrected chi connectivity index (χ0v) is 11.8. The first-order valence-corrected chi connectivity index (χ1v) is 6.78. The lowest BCUT2D eigenvalue weighted by atomic mass is 9.84. The van der Waals surface area contributed by atoms with Crippen LogP contribution in [-0.2, 0) is 0 Å². The van der Waals surface area contributed by atoms with Crippen LogP contribution in [-0.4, -0.2) is 39.5 Å². The molecule has 0 radical (unpaired) electrons. The molecule has 2 N–H and O–H groups in total. The van der Waals surface area contributed by atoms with Crippen LogP contribution in [0.2, 0.25) is 0 Å². The van der Waals surface area contributed by atoms with Gasteiger partial charge in [-0.25, -0.2) is 4.79 Å². The van der Waals surface area contributed by atoms with E-state index in [4.69, 9.17) is 0 Å². The molecule has 0 aliphatic carbocycles. The number of carbonyl (C=O) groups is 1. The number of hydrogen-bond donors (Lipinski definition) is 2. The molecule has 0 aromatic carbocycles. The molecule has 0 saturated carbocycles. The standard InChI is InChI=1S/C14H22N2O3/c1-4-5-6-10-7-12-11(8-16(10)19)14(2,3)9-15(12)13(17)18/h7,19H,4-6,8-9H2,1-3H3,(H,17,18). The molecule has 0 aromatic rings. The zero-order chi connectivity index (χ0) is 14.2. The molecule has 2 heterocycles. The van der Waals surface area contributed by atoms with Crippen molar-refractivity contribution in [2.24, 2.45) is 5.41 Å². The molecule has 0 spiro atoms. The lowest BCUT2D eigenvalue weighted by molar-refractivity contribution is -0.0544. The Kier molecular flexibility index (Phi) is 3.58. The lowest BCUT2D eigenvalue weighted by Crippen LogP contribution is -2.30. The second-order valence-corrected chi connectivity index (χ2v) is 5.91. The summed E-state index contributed by atoms with van der Waals surface area (Å²) in [7, 11) is 0. The summed E-state index contributed by atoms with van der Waals surface area (Å²) in [6, 6.07) is 0. The molecule has 2 aliphatic rings. The largest absolute Gasteiger partial charge is 0.465 e. The minimum absolute atomic E-state index is 0.221. The Morgan fingerprint density at radius 1 is 1.47 bits per heavy atom. The Morgan fingerprint density at radius 3 is 2.74 bits per heavy atom. The van der Waals surface area contributed by atoms with Crippen LogP contribution in [0.5, 0.6) is 0 Å². The van der Waals surface area contributed by atoms with Crippen molar-refractivity contribution in [2.75, 3.05) is 13.1 Å². The van der Waals surface area contributed by atoms with Gasteiger partial charge in [0.25, 0.3) is 0 Å². The maximum Gasteiger partial charge on any atom is 0.411 e. The number of hydroxylamine groups is 2. The van der Waals surface area contributed by atoms with Crippen LogP contribution in [0.25, 0.3) is 0 Å². The van der Waals surface area contributed by atoms with Gasteiger partial charge in [0.2, 0.25) is 0 Å². The summed E-state index contributed by atoms with van der Waals surface area (Å²) in [5.41, 5.74) is 2.35. The van der Waals surface area contributed by atoms with E-state index in [-0.39, 0.29) is 5.41 Å². The fourth-order valence-electron chi connectivity index (χ4n) is 2.76. The third-order valence-corrected chi connectivity index (χ3v) is 3.93. The topological polar surface area (TPSA) is 64.0 Å². The average molecular weight is 266 g/mol. The van der Waals surface area contributed by atoms with Crippen molar-refractivity contribution in [3.8, 4) is 0 Å². The molecule has 19 heavy (non-hydrogen) atoms. The van der Waals surface area contributed by atoms with Crippen LogP contribution in [0.4, 0.5) is 4.79 Å². The molecule has 106 valence electrons. The minimum atomic E-state index is -0.921. The van der Waals surface area contributed by atoms with Crippen LogP contribution in [0.15, 0.2) is 23.0 Å². The predicted molar refractivity (Wildman–Crippen MR) is 71.6 cm³/mol. The Hall–Kier alpha value is -1.49. The highest BCUT2D eigenvalue weighted by atomic mass is 16.5. The summed E-state index contributed by atoms with van der Waals surface area (Å²) in [6.07, 6.45) is 3.72. The van der Waals surface area contributed by atoms with Gasteiger partial charge >= 0.3 is 6.09 Å². The number of hydrogen-bond acceptors (Lipinski definition) is 3. The fourth-order valence-corrected chi connectivity index (χ4v) is 2.76. The second-order valence-electron chi connectivity index (χ2n) is 5.91. The van der Waals surface area contributed by atoms with Gasteiger partial charge in [-0.1, -0.05) is 27.2 Å². The number of carboxylic acid groups (broad SMARTS) is 1. The smallest absolute Gasteiger partial charge is 0.411 e. The van der Waals surface area contributed by atoms with Crippen LogP contribution in [0.3, 0.4) is 0 Å². The predicted octanol–water partition coefficient (Wildman–Crippen LogP) is 3.04. The summed E-state index contributed by atoms with van der Waals surface area (Å²) in [5, 5.41) is 20.6. The van der Waals surface area contributed by atoms with Crippen LogP contribution >= 0.6 is 0 Å². The van der Waals surface area contributed by atoms with E-state index < -0.39 is 6.09 Å². The van der Waals surface area contributed by atoms with E-state index in [9.17, 15) is 15.1 Å². The summed E-state index contributed by atoms with van der Waals surface area (Å²) < 4.78 is 0. The molecule has 2 rings (SSSR count). The number of allylic oxidation sites excluding steroid dienone is 2. The van der Waals surface area contributed by atoms with E-state index in [1.807, 2.05) is 19.9 Å². The van der Waals surface area contributed by atoms with Crippen molar-refractivity contribution in [3.63, 3.8) is 0 Å². The van der Waals surface area contributed by atoms with E-state index >= 15 is 0 Å². The second kappa shape index (κ2) is 4.89. The van der Waals surface area contributed by atoms with Crippen molar-refractivity contribution >= 4 is 6.09 Å². The first-order valence-electron chi connectivity index (χ1n) is 6.78. The van der Waals surface area contributed by atoms with Crippen molar-refractivity contribution in [1.82, 2.24) is 9.96 Å². The molecular formula is C14H22N2O3. The van der Waals surface area contributed by atoms with E-state index in [0.717, 1.165) is 36.2 Å². The van der Waals surface area contributed by atoms with Gasteiger partial charge in [-0.3, -0.25) is 15.2 Å². The zero-order valence-electron chi connectivity index (χ0n) is 11.8. The number of nitrogens with zero attached hydrogens (tertiary/aromatic N) is 2. The van der Waals surface area contributed by atoms with Crippen LogP contribution in [0.1, 0.15) is 40.0 Å². The van der Waals surface area contributed by atoms with Gasteiger partial charge in [0, 0.05) is 17.7 Å². The highest BCUT2D eigenvalue weighted by Crippen LogP contribution is 2.42. The van der Waals surface area contributed by atoms with Gasteiger partial charge in [0.05, 0.1) is 12.2 Å². The van der Waals surface area contributed by atoms with Gasteiger partial charge in [-0.05, 0) is 24.5 Å². The highest BCUT2D eigenvalue weighted by molar-refractivity contribution is 5.71. The lowest BCUT2D eigenvalue weighted by Gasteiger charge is -2.30. The van der Waals surface area contributed by atoms with Crippen molar-refractivity contribution < 1.29 is 15.1 Å². The normalized spacial score (nSPS) is 21.6. The molecule has 0 saturated heterocycles. The fraction of sp³-hybridized carbons (Fsp3) is 0.643. The summed E-state index contributed by atoms with van der Waals surface area (Å²) in [6.45, 7) is 6.99. The molecule has 2 aliphatic heterocycles. The van der Waals surface area contributed by atoms with Gasteiger partial charge in [-0.2, -0.15) is 0 Å². The number of rotatable bonds is 3. The maximum atomic E-state index is 11.3. The maximum absolute atomic E-state index is 11.3. The van der Waals surface area contributed by atoms with Crippen molar-refractivity contribution in [1.29, 1.82) is 0 Å². The minimum Gasteiger partial charge on any atom is -0.465 e. The molecule has 5 heteroatoms. The molecule has 0 unspecified atom stereocenters. The molecule has 0 fully saturated rings. The third kappa shape index (κ3) is 2.47. The summed E-state index contributed by atoms with van der Waals surface area (Å²) in [5.74, 6) is 0. The first kappa shape index (κ1) is 13.9. The van der Waals surface area contributed by atoms with Crippen molar-refractivity contribution in [3.05, 3.63) is 23.0 Å². The number of unbranched alkanes of at least 4 members (excludes halogenated alkanes) is 1. The van der Waals surface area contributed by atoms with Crippen LogP contribution < -0.4 is 0 Å². The summed E-state index contributed by atoms with van der Waals surface area (Å²) >= 11 is 0. The number of amides is 1. The quantitative estimate of drug-likeness (QED) is 0.824. The van der Waals surface area contributed by atoms with E-state index in [2.05, 4.69) is 6.92 Å². The molecule has 0 bridgehead atoms. The Labute approximate surface area is 113 Å². The third-order valence-electron chi connectivity index (χ3n) is 3.93. The van der Waals surface area contributed by atoms with Crippen molar-refractivity contribution in [2.45, 2.75) is 40.0 Å². The van der Waals surface area contributed by atoms with Crippen LogP contribution in [0, 0.1) is 5.41 Å².